The van der Waals surface area contributed by atoms with E-state index in [0.29, 0.717) is 17.1 Å². The Morgan fingerprint density at radius 2 is 1.81 bits per heavy atom. The number of nitrogens with one attached hydrogen (secondary N) is 1. The molecule has 1 amide bonds. The zero-order chi connectivity index (χ0) is 19.1. The van der Waals surface area contributed by atoms with Crippen molar-refractivity contribution in [1.29, 1.82) is 0 Å². The Morgan fingerprint density at radius 3 is 2.38 bits per heavy atom. The zero-order valence-corrected chi connectivity index (χ0v) is 15.8. The molecule has 1 N–H and O–H groups in total. The first-order valence-electron chi connectivity index (χ1n) is 8.36. The van der Waals surface area contributed by atoms with Gasteiger partial charge in [-0.15, -0.1) is 0 Å². The molecule has 0 unspecified atom stereocenters. The molecule has 0 atom stereocenters. The number of hydrogen-bond acceptors (Lipinski definition) is 5. The van der Waals surface area contributed by atoms with Crippen molar-refractivity contribution in [2.75, 3.05) is 26.1 Å². The SMILES string of the molecule is COc1cc(C(=O)N/N=C/c2ccc(N(C)C)cc2)ccc1OC(C)C. The van der Waals surface area contributed by atoms with Crippen LogP contribution < -0.4 is 19.8 Å². The number of benzene rings is 2. The predicted molar refractivity (Wildman–Crippen MR) is 105 cm³/mol. The minimum Gasteiger partial charge on any atom is -0.493 e. The van der Waals surface area contributed by atoms with Gasteiger partial charge < -0.3 is 14.4 Å². The van der Waals surface area contributed by atoms with Gasteiger partial charge in [-0.2, -0.15) is 5.10 Å². The van der Waals surface area contributed by atoms with Gasteiger partial charge in [0.15, 0.2) is 11.5 Å². The lowest BCUT2D eigenvalue weighted by atomic mass is 10.2. The number of amides is 1. The summed E-state index contributed by atoms with van der Waals surface area (Å²) in [5, 5.41) is 4.01. The van der Waals surface area contributed by atoms with E-state index in [1.165, 1.54) is 0 Å². The molecule has 0 heterocycles. The van der Waals surface area contributed by atoms with Crippen molar-refractivity contribution in [1.82, 2.24) is 5.43 Å². The summed E-state index contributed by atoms with van der Waals surface area (Å²) in [5.74, 6) is 0.790. The average Bonchev–Trinajstić information content (AvgIpc) is 2.61. The molecule has 0 saturated carbocycles. The predicted octanol–water partition coefficient (Wildman–Crippen LogP) is 3.31. The van der Waals surface area contributed by atoms with Crippen LogP contribution in [-0.2, 0) is 0 Å². The third-order valence-corrected chi connectivity index (χ3v) is 3.58. The van der Waals surface area contributed by atoms with Crippen LogP contribution in [0.5, 0.6) is 11.5 Å². The molecule has 26 heavy (non-hydrogen) atoms. The maximum Gasteiger partial charge on any atom is 0.271 e. The third-order valence-electron chi connectivity index (χ3n) is 3.58. The van der Waals surface area contributed by atoms with Gasteiger partial charge in [0.05, 0.1) is 19.4 Å². The molecular weight excluding hydrogens is 330 g/mol. The summed E-state index contributed by atoms with van der Waals surface area (Å²) in [4.78, 5) is 14.3. The maximum absolute atomic E-state index is 12.3. The second kappa shape index (κ2) is 8.89. The highest BCUT2D eigenvalue weighted by Gasteiger charge is 2.11. The molecule has 0 aromatic heterocycles. The van der Waals surface area contributed by atoms with Crippen molar-refractivity contribution in [2.45, 2.75) is 20.0 Å². The summed E-state index contributed by atoms with van der Waals surface area (Å²) in [7, 11) is 5.50. The van der Waals surface area contributed by atoms with E-state index in [9.17, 15) is 4.79 Å². The largest absolute Gasteiger partial charge is 0.493 e. The molecule has 0 aliphatic rings. The van der Waals surface area contributed by atoms with Gasteiger partial charge in [0.2, 0.25) is 0 Å². The van der Waals surface area contributed by atoms with E-state index in [0.717, 1.165) is 11.3 Å². The van der Waals surface area contributed by atoms with E-state index in [-0.39, 0.29) is 12.0 Å². The van der Waals surface area contributed by atoms with E-state index in [4.69, 9.17) is 9.47 Å². The van der Waals surface area contributed by atoms with E-state index < -0.39 is 0 Å². The van der Waals surface area contributed by atoms with Gasteiger partial charge in [0.1, 0.15) is 0 Å². The molecule has 0 fully saturated rings. The number of hydrazone groups is 1. The van der Waals surface area contributed by atoms with Gasteiger partial charge in [-0.05, 0) is 49.7 Å². The van der Waals surface area contributed by atoms with E-state index in [1.807, 2.05) is 57.1 Å². The second-order valence-corrected chi connectivity index (χ2v) is 6.22. The smallest absolute Gasteiger partial charge is 0.271 e. The van der Waals surface area contributed by atoms with Crippen LogP contribution in [0.4, 0.5) is 5.69 Å². The first-order chi connectivity index (χ1) is 12.4. The molecule has 2 rings (SSSR count). The van der Waals surface area contributed by atoms with Crippen LogP contribution >= 0.6 is 0 Å². The Bertz CT molecular complexity index is 768. The summed E-state index contributed by atoms with van der Waals surface area (Å²) >= 11 is 0. The van der Waals surface area contributed by atoms with E-state index >= 15 is 0 Å². The molecule has 6 heteroatoms. The molecule has 0 bridgehead atoms. The number of ether oxygens (including phenoxy) is 2. The van der Waals surface area contributed by atoms with E-state index in [2.05, 4.69) is 10.5 Å². The van der Waals surface area contributed by atoms with Gasteiger partial charge in [-0.25, -0.2) is 5.43 Å². The lowest BCUT2D eigenvalue weighted by Crippen LogP contribution is -2.18. The van der Waals surface area contributed by atoms with E-state index in [1.54, 1.807) is 31.5 Å². The Balaban J connectivity index is 2.02. The van der Waals surface area contributed by atoms with Gasteiger partial charge >= 0.3 is 0 Å². The fourth-order valence-corrected chi connectivity index (χ4v) is 2.25. The molecule has 0 aliphatic carbocycles. The van der Waals surface area contributed by atoms with Crippen LogP contribution in [0.15, 0.2) is 47.6 Å². The molecule has 2 aromatic carbocycles. The number of carbonyl (C=O) groups is 1. The quantitative estimate of drug-likeness (QED) is 0.611. The fraction of sp³-hybridized carbons (Fsp3) is 0.300. The van der Waals surface area contributed by atoms with Crippen LogP contribution in [0.2, 0.25) is 0 Å². The normalized spacial score (nSPS) is 10.8. The molecule has 0 spiro atoms. The topological polar surface area (TPSA) is 63.2 Å². The Hall–Kier alpha value is -3.02. The number of rotatable bonds is 7. The van der Waals surface area contributed by atoms with Gasteiger partial charge in [0, 0.05) is 25.3 Å². The molecule has 2 aromatic rings. The highest BCUT2D eigenvalue weighted by Crippen LogP contribution is 2.28. The molecular formula is C20H25N3O3. The van der Waals surface area contributed by atoms with Crippen molar-refractivity contribution in [3.05, 3.63) is 53.6 Å². The van der Waals surface area contributed by atoms with Crippen molar-refractivity contribution in [3.63, 3.8) is 0 Å². The second-order valence-electron chi connectivity index (χ2n) is 6.22. The summed E-state index contributed by atoms with van der Waals surface area (Å²) < 4.78 is 10.9. The lowest BCUT2D eigenvalue weighted by molar-refractivity contribution is 0.0954. The highest BCUT2D eigenvalue weighted by molar-refractivity contribution is 5.95. The zero-order valence-electron chi connectivity index (χ0n) is 15.8. The van der Waals surface area contributed by atoms with Gasteiger partial charge in [0.25, 0.3) is 5.91 Å². The Morgan fingerprint density at radius 1 is 1.12 bits per heavy atom. The molecule has 0 aliphatic heterocycles. The average molecular weight is 355 g/mol. The fourth-order valence-electron chi connectivity index (χ4n) is 2.25. The van der Waals surface area contributed by atoms with Crippen molar-refractivity contribution < 1.29 is 14.3 Å². The summed E-state index contributed by atoms with van der Waals surface area (Å²) in [6.07, 6.45) is 1.62. The summed E-state index contributed by atoms with van der Waals surface area (Å²) in [5.41, 5.74) is 4.96. The van der Waals surface area contributed by atoms with Crippen LogP contribution in [0.3, 0.4) is 0 Å². The number of nitrogens with zero attached hydrogens (tertiary/aromatic N) is 2. The number of carbonyl (C=O) groups excluding carboxylic acids is 1. The standard InChI is InChI=1S/C20H25N3O3/c1-14(2)26-18-11-8-16(12-19(18)25-5)20(24)22-21-13-15-6-9-17(10-7-15)23(3)4/h6-14H,1-5H3,(H,22,24)/b21-13+. The monoisotopic (exact) mass is 355 g/mol. The number of hydrogen-bond donors (Lipinski definition) is 1. The first kappa shape index (κ1) is 19.3. The Kier molecular flexibility index (Phi) is 6.60. The molecule has 0 radical (unpaired) electrons. The van der Waals surface area contributed by atoms with Gasteiger partial charge in [-0.3, -0.25) is 4.79 Å². The minimum atomic E-state index is -0.319. The van der Waals surface area contributed by atoms with Crippen LogP contribution in [0.1, 0.15) is 29.8 Å². The first-order valence-corrected chi connectivity index (χ1v) is 8.36. The van der Waals surface area contributed by atoms with Crippen LogP contribution in [0.25, 0.3) is 0 Å². The van der Waals surface area contributed by atoms with Crippen molar-refractivity contribution in [2.24, 2.45) is 5.10 Å². The number of methoxy groups -OCH3 is 1. The van der Waals surface area contributed by atoms with Crippen molar-refractivity contribution in [3.8, 4) is 11.5 Å². The van der Waals surface area contributed by atoms with Crippen molar-refractivity contribution >= 4 is 17.8 Å². The summed E-state index contributed by atoms with van der Waals surface area (Å²) in [6.45, 7) is 3.86. The Labute approximate surface area is 154 Å². The van der Waals surface area contributed by atoms with Crippen LogP contribution in [0, 0.1) is 0 Å². The molecule has 138 valence electrons. The van der Waals surface area contributed by atoms with Crippen LogP contribution in [-0.4, -0.2) is 39.4 Å². The minimum absolute atomic E-state index is 0.0204. The number of anilines is 1. The lowest BCUT2D eigenvalue weighted by Gasteiger charge is -2.14. The molecule has 6 nitrogen and oxygen atoms in total. The molecule has 0 saturated heterocycles. The summed E-state index contributed by atoms with van der Waals surface area (Å²) in [6, 6.07) is 12.9. The third kappa shape index (κ3) is 5.24. The van der Waals surface area contributed by atoms with Gasteiger partial charge in [-0.1, -0.05) is 12.1 Å². The maximum atomic E-state index is 12.3. The highest BCUT2D eigenvalue weighted by atomic mass is 16.5.